The van der Waals surface area contributed by atoms with Crippen molar-refractivity contribution in [3.05, 3.63) is 69.5 Å². The van der Waals surface area contributed by atoms with Gasteiger partial charge in [-0.1, -0.05) is 31.5 Å². The van der Waals surface area contributed by atoms with Crippen LogP contribution in [0.1, 0.15) is 68.2 Å². The molecule has 1 aliphatic rings. The van der Waals surface area contributed by atoms with Crippen LogP contribution in [-0.4, -0.2) is 39.5 Å². The number of ether oxygens (including phenoxy) is 1. The summed E-state index contributed by atoms with van der Waals surface area (Å²) in [7, 11) is 0. The average molecular weight is 527 g/mol. The van der Waals surface area contributed by atoms with Crippen molar-refractivity contribution in [1.29, 1.82) is 0 Å². The number of unbranched alkanes of at least 4 members (excludes halogenated alkanes) is 1. The van der Waals surface area contributed by atoms with Crippen molar-refractivity contribution >= 4 is 34.7 Å². The number of carbonyl (C=O) groups is 2. The Kier molecular flexibility index (Phi) is 7.87. The van der Waals surface area contributed by atoms with Crippen LogP contribution < -0.4 is 16.2 Å². The molecule has 4 rings (SSSR count). The first kappa shape index (κ1) is 26.7. The predicted octanol–water partition coefficient (Wildman–Crippen LogP) is 4.79. The Morgan fingerprint density at radius 3 is 2.76 bits per heavy atom. The molecule has 1 aliphatic heterocycles. The maximum Gasteiger partial charge on any atom is 0.408 e. The van der Waals surface area contributed by atoms with Crippen molar-refractivity contribution in [1.82, 2.24) is 20.2 Å². The van der Waals surface area contributed by atoms with Crippen LogP contribution in [-0.2, 0) is 11.3 Å². The fraction of sp³-hybridized carbons (Fsp3) is 0.407. The summed E-state index contributed by atoms with van der Waals surface area (Å²) in [6, 6.07) is 7.57. The van der Waals surface area contributed by atoms with Crippen molar-refractivity contribution < 1.29 is 18.7 Å². The van der Waals surface area contributed by atoms with E-state index in [4.69, 9.17) is 4.74 Å². The summed E-state index contributed by atoms with van der Waals surface area (Å²) in [5, 5.41) is 6.35. The lowest BCUT2D eigenvalue weighted by Gasteiger charge is -2.22. The highest BCUT2D eigenvalue weighted by atomic mass is 32.2. The van der Waals surface area contributed by atoms with Crippen LogP contribution in [0.5, 0.6) is 0 Å². The van der Waals surface area contributed by atoms with Gasteiger partial charge in [0.25, 0.3) is 11.5 Å². The highest BCUT2D eigenvalue weighted by molar-refractivity contribution is 7.99. The first-order chi connectivity index (χ1) is 17.6. The molecule has 0 aliphatic carbocycles. The summed E-state index contributed by atoms with van der Waals surface area (Å²) in [5.41, 5.74) is 0.339. The normalized spacial score (nSPS) is 14.9. The zero-order chi connectivity index (χ0) is 26.7. The van der Waals surface area contributed by atoms with E-state index in [1.54, 1.807) is 45.0 Å². The average Bonchev–Trinajstić information content (AvgIpc) is 3.24. The van der Waals surface area contributed by atoms with Gasteiger partial charge in [0, 0.05) is 28.8 Å². The van der Waals surface area contributed by atoms with E-state index in [0.29, 0.717) is 39.4 Å². The molecule has 0 bridgehead atoms. The maximum absolute atomic E-state index is 14.3. The molecule has 0 fully saturated rings. The van der Waals surface area contributed by atoms with Crippen molar-refractivity contribution in [3.8, 4) is 0 Å². The second-order valence-corrected chi connectivity index (χ2v) is 11.0. The number of para-hydroxylation sites is 1. The molecule has 10 heteroatoms. The molecule has 2 N–H and O–H groups in total. The Balaban J connectivity index is 1.73. The molecular weight excluding hydrogens is 495 g/mol. The lowest BCUT2D eigenvalue weighted by molar-refractivity contribution is 0.0508. The second-order valence-electron chi connectivity index (χ2n) is 9.95. The van der Waals surface area contributed by atoms with E-state index < -0.39 is 23.6 Å². The molecule has 3 heterocycles. The number of nitrogens with one attached hydrogen (secondary N) is 2. The van der Waals surface area contributed by atoms with Gasteiger partial charge in [0.15, 0.2) is 0 Å². The minimum absolute atomic E-state index is 0.0372. The molecule has 8 nitrogen and oxygen atoms in total. The largest absolute Gasteiger partial charge is 0.444 e. The number of halogens is 1. The predicted molar refractivity (Wildman–Crippen MR) is 142 cm³/mol. The Labute approximate surface area is 219 Å². The van der Waals surface area contributed by atoms with Crippen LogP contribution in [0.25, 0.3) is 10.9 Å². The van der Waals surface area contributed by atoms with Crippen molar-refractivity contribution in [3.63, 3.8) is 0 Å². The zero-order valence-corrected chi connectivity index (χ0v) is 22.2. The maximum atomic E-state index is 14.3. The van der Waals surface area contributed by atoms with Crippen LogP contribution in [0.3, 0.4) is 0 Å². The molecule has 0 saturated carbocycles. The number of rotatable bonds is 7. The SMILES string of the molecule is CCCCNC(=O)c1cn(Cc2ccc3cccc(F)c3n2)c(=O)c2c1SC[C@@H]2NC(=O)OC(C)(C)C. The van der Waals surface area contributed by atoms with Gasteiger partial charge >= 0.3 is 6.09 Å². The summed E-state index contributed by atoms with van der Waals surface area (Å²) in [4.78, 5) is 44.2. The van der Waals surface area contributed by atoms with Gasteiger partial charge in [-0.25, -0.2) is 14.2 Å². The minimum atomic E-state index is -0.698. The van der Waals surface area contributed by atoms with Crippen LogP contribution in [0.15, 0.2) is 46.2 Å². The number of aromatic nitrogens is 2. The molecule has 2 amide bonds. The monoisotopic (exact) mass is 526 g/mol. The molecular formula is C27H31FN4O4S. The highest BCUT2D eigenvalue weighted by Crippen LogP contribution is 2.38. The second kappa shape index (κ2) is 10.9. The quantitative estimate of drug-likeness (QED) is 0.430. The minimum Gasteiger partial charge on any atom is -0.444 e. The Morgan fingerprint density at radius 2 is 2.03 bits per heavy atom. The van der Waals surface area contributed by atoms with E-state index in [1.165, 1.54) is 28.6 Å². The van der Waals surface area contributed by atoms with E-state index in [-0.39, 0.29) is 23.5 Å². The lowest BCUT2D eigenvalue weighted by atomic mass is 10.1. The standard InChI is InChI=1S/C27H31FN4O4S/c1-5-6-12-29-24(33)18-14-32(13-17-11-10-16-8-7-9-19(28)22(16)30-17)25(34)21-20(15-37-23(18)21)31-26(35)36-27(2,3)4/h7-11,14,20H,5-6,12-13,15H2,1-4H3,(H,29,33)(H,31,35)/t20-/m0/s1. The van der Waals surface area contributed by atoms with Crippen LogP contribution >= 0.6 is 11.8 Å². The summed E-state index contributed by atoms with van der Waals surface area (Å²) < 4.78 is 21.1. The van der Waals surface area contributed by atoms with Crippen LogP contribution in [0.2, 0.25) is 0 Å². The zero-order valence-electron chi connectivity index (χ0n) is 21.4. The smallest absolute Gasteiger partial charge is 0.408 e. The van der Waals surface area contributed by atoms with E-state index in [0.717, 1.165) is 12.8 Å². The first-order valence-electron chi connectivity index (χ1n) is 12.3. The molecule has 196 valence electrons. The molecule has 37 heavy (non-hydrogen) atoms. The number of thioether (sulfide) groups is 1. The summed E-state index contributed by atoms with van der Waals surface area (Å²) in [5.74, 6) is -0.348. The van der Waals surface area contributed by atoms with Gasteiger partial charge in [0.05, 0.1) is 29.4 Å². The van der Waals surface area contributed by atoms with Crippen LogP contribution in [0.4, 0.5) is 9.18 Å². The number of carbonyl (C=O) groups excluding carboxylic acids is 2. The third-order valence-corrected chi connectivity index (χ3v) is 7.05. The number of alkyl carbamates (subject to hydrolysis) is 1. The number of hydrogen-bond donors (Lipinski definition) is 2. The number of hydrogen-bond acceptors (Lipinski definition) is 6. The molecule has 0 radical (unpaired) electrons. The van der Waals surface area contributed by atoms with E-state index >= 15 is 0 Å². The number of nitrogens with zero attached hydrogens (tertiary/aromatic N) is 2. The van der Waals surface area contributed by atoms with Gasteiger partial charge < -0.3 is 19.9 Å². The summed E-state index contributed by atoms with van der Waals surface area (Å²) >= 11 is 1.35. The fourth-order valence-corrected chi connectivity index (χ4v) is 5.38. The van der Waals surface area contributed by atoms with Gasteiger partial charge in [0.2, 0.25) is 0 Å². The molecule has 0 spiro atoms. The van der Waals surface area contributed by atoms with E-state index in [1.807, 2.05) is 6.92 Å². The van der Waals surface area contributed by atoms with Gasteiger partial charge in [-0.2, -0.15) is 0 Å². The summed E-state index contributed by atoms with van der Waals surface area (Å²) in [6.45, 7) is 7.86. The van der Waals surface area contributed by atoms with Gasteiger partial charge in [-0.05, 0) is 39.3 Å². The molecule has 3 aromatic rings. The molecule has 2 aromatic heterocycles. The highest BCUT2D eigenvalue weighted by Gasteiger charge is 2.34. The first-order valence-corrected chi connectivity index (χ1v) is 13.3. The van der Waals surface area contributed by atoms with Crippen molar-refractivity contribution in [2.45, 2.75) is 63.6 Å². The number of fused-ring (bicyclic) bond motifs is 2. The number of benzene rings is 1. The lowest BCUT2D eigenvalue weighted by Crippen LogP contribution is -2.38. The van der Waals surface area contributed by atoms with Crippen molar-refractivity contribution in [2.24, 2.45) is 0 Å². The Hall–Kier alpha value is -3.40. The van der Waals surface area contributed by atoms with Crippen molar-refractivity contribution in [2.75, 3.05) is 12.3 Å². The third-order valence-electron chi connectivity index (χ3n) is 5.82. The number of pyridine rings is 2. The van der Waals surface area contributed by atoms with Gasteiger partial charge in [-0.15, -0.1) is 11.8 Å². The van der Waals surface area contributed by atoms with E-state index in [9.17, 15) is 18.8 Å². The Bertz CT molecular complexity index is 1400. The Morgan fingerprint density at radius 1 is 1.24 bits per heavy atom. The third kappa shape index (κ3) is 6.12. The summed E-state index contributed by atoms with van der Waals surface area (Å²) in [6.07, 6.45) is 2.65. The molecule has 0 saturated heterocycles. The molecule has 1 atom stereocenters. The van der Waals surface area contributed by atoms with Gasteiger partial charge in [0.1, 0.15) is 16.9 Å². The fourth-order valence-electron chi connectivity index (χ4n) is 4.11. The van der Waals surface area contributed by atoms with E-state index in [2.05, 4.69) is 15.6 Å². The molecule has 0 unspecified atom stereocenters. The van der Waals surface area contributed by atoms with Gasteiger partial charge in [-0.3, -0.25) is 9.59 Å². The van der Waals surface area contributed by atoms with Crippen LogP contribution in [0, 0.1) is 5.82 Å². The topological polar surface area (TPSA) is 102 Å². The number of amides is 2. The molecule has 1 aromatic carbocycles.